The predicted molar refractivity (Wildman–Crippen MR) is 73.4 cm³/mol. The smallest absolute Gasteiger partial charge is 0.119 e. The highest BCUT2D eigenvalue weighted by Gasteiger charge is 2.11. The standard InChI is InChI=1S/C13H14BrN3O/c1-18-10-2-3-11(14)9(6-10)7-12(15)13-8-16-4-5-17-13/h2-6,8,12H,7,15H2,1H3. The van der Waals surface area contributed by atoms with Gasteiger partial charge in [-0.3, -0.25) is 9.97 Å². The molecule has 0 radical (unpaired) electrons. The molecule has 1 heterocycles. The summed E-state index contributed by atoms with van der Waals surface area (Å²) in [7, 11) is 1.65. The molecule has 2 N–H and O–H groups in total. The lowest BCUT2D eigenvalue weighted by atomic mass is 10.0. The van der Waals surface area contributed by atoms with Gasteiger partial charge in [-0.25, -0.2) is 0 Å². The number of hydrogen-bond acceptors (Lipinski definition) is 4. The van der Waals surface area contributed by atoms with E-state index in [1.54, 1.807) is 25.7 Å². The molecule has 18 heavy (non-hydrogen) atoms. The van der Waals surface area contributed by atoms with Crippen LogP contribution in [0.25, 0.3) is 0 Å². The monoisotopic (exact) mass is 307 g/mol. The van der Waals surface area contributed by atoms with Crippen molar-refractivity contribution in [2.45, 2.75) is 12.5 Å². The van der Waals surface area contributed by atoms with Crippen LogP contribution < -0.4 is 10.5 Å². The maximum atomic E-state index is 6.12. The summed E-state index contributed by atoms with van der Waals surface area (Å²) in [5.74, 6) is 0.819. The lowest BCUT2D eigenvalue weighted by Gasteiger charge is -2.13. The molecular formula is C13H14BrN3O. The van der Waals surface area contributed by atoms with Crippen molar-refractivity contribution in [1.82, 2.24) is 9.97 Å². The van der Waals surface area contributed by atoms with E-state index in [1.807, 2.05) is 18.2 Å². The van der Waals surface area contributed by atoms with Crippen LogP contribution >= 0.6 is 15.9 Å². The van der Waals surface area contributed by atoms with Crippen LogP contribution in [-0.4, -0.2) is 17.1 Å². The summed E-state index contributed by atoms with van der Waals surface area (Å²) in [6.45, 7) is 0. The Kier molecular flexibility index (Phi) is 4.28. The average molecular weight is 308 g/mol. The third-order valence-electron chi connectivity index (χ3n) is 2.66. The molecule has 0 fully saturated rings. The molecule has 4 nitrogen and oxygen atoms in total. The van der Waals surface area contributed by atoms with E-state index < -0.39 is 0 Å². The van der Waals surface area contributed by atoms with E-state index in [9.17, 15) is 0 Å². The largest absolute Gasteiger partial charge is 0.497 e. The fourth-order valence-electron chi connectivity index (χ4n) is 1.68. The van der Waals surface area contributed by atoms with Gasteiger partial charge in [-0.15, -0.1) is 0 Å². The number of hydrogen-bond donors (Lipinski definition) is 1. The number of methoxy groups -OCH3 is 1. The van der Waals surface area contributed by atoms with Crippen molar-refractivity contribution in [2.24, 2.45) is 5.73 Å². The SMILES string of the molecule is COc1ccc(Br)c(CC(N)c2cnccn2)c1. The minimum Gasteiger partial charge on any atom is -0.497 e. The van der Waals surface area contributed by atoms with Crippen molar-refractivity contribution in [3.63, 3.8) is 0 Å². The van der Waals surface area contributed by atoms with E-state index >= 15 is 0 Å². The number of benzene rings is 1. The van der Waals surface area contributed by atoms with Gasteiger partial charge in [0, 0.05) is 23.1 Å². The van der Waals surface area contributed by atoms with Crippen LogP contribution in [0.5, 0.6) is 5.75 Å². The lowest BCUT2D eigenvalue weighted by molar-refractivity contribution is 0.414. The van der Waals surface area contributed by atoms with Gasteiger partial charge in [0.05, 0.1) is 18.8 Å². The Bertz CT molecular complexity index is 519. The van der Waals surface area contributed by atoms with Crippen LogP contribution in [0, 0.1) is 0 Å². The number of halogens is 1. The Balaban J connectivity index is 2.18. The van der Waals surface area contributed by atoms with Gasteiger partial charge in [0.15, 0.2) is 0 Å². The lowest BCUT2D eigenvalue weighted by Crippen LogP contribution is -2.15. The van der Waals surface area contributed by atoms with Crippen LogP contribution in [0.1, 0.15) is 17.3 Å². The van der Waals surface area contributed by atoms with Crippen LogP contribution in [0.15, 0.2) is 41.3 Å². The molecule has 0 saturated heterocycles. The third kappa shape index (κ3) is 3.05. The first kappa shape index (κ1) is 13.0. The van der Waals surface area contributed by atoms with E-state index in [0.29, 0.717) is 6.42 Å². The van der Waals surface area contributed by atoms with E-state index in [-0.39, 0.29) is 6.04 Å². The fraction of sp³-hybridized carbons (Fsp3) is 0.231. The summed E-state index contributed by atoms with van der Waals surface area (Å²) in [4.78, 5) is 8.24. The molecule has 1 unspecified atom stereocenters. The van der Waals surface area contributed by atoms with E-state index in [4.69, 9.17) is 10.5 Å². The molecule has 0 bridgehead atoms. The summed E-state index contributed by atoms with van der Waals surface area (Å²) in [6.07, 6.45) is 5.66. The highest BCUT2D eigenvalue weighted by atomic mass is 79.9. The van der Waals surface area contributed by atoms with Crippen LogP contribution in [0.2, 0.25) is 0 Å². The zero-order valence-electron chi connectivity index (χ0n) is 10.0. The minimum atomic E-state index is -0.179. The first-order chi connectivity index (χ1) is 8.70. The molecular weight excluding hydrogens is 294 g/mol. The Hall–Kier alpha value is -1.46. The minimum absolute atomic E-state index is 0.179. The van der Waals surface area contributed by atoms with E-state index in [1.165, 1.54) is 0 Å². The van der Waals surface area contributed by atoms with Gasteiger partial charge in [0.1, 0.15) is 5.75 Å². The maximum absolute atomic E-state index is 6.12. The highest BCUT2D eigenvalue weighted by molar-refractivity contribution is 9.10. The molecule has 0 aliphatic heterocycles. The van der Waals surface area contributed by atoms with Gasteiger partial charge in [-0.2, -0.15) is 0 Å². The number of ether oxygens (including phenoxy) is 1. The van der Waals surface area contributed by atoms with Gasteiger partial charge < -0.3 is 10.5 Å². The number of nitrogens with two attached hydrogens (primary N) is 1. The normalized spacial score (nSPS) is 12.2. The van der Waals surface area contributed by atoms with Gasteiger partial charge in [0.2, 0.25) is 0 Å². The molecule has 0 saturated carbocycles. The summed E-state index contributed by atoms with van der Waals surface area (Å²) in [5.41, 5.74) is 8.00. The van der Waals surface area contributed by atoms with Crippen LogP contribution in [0.3, 0.4) is 0 Å². The van der Waals surface area contributed by atoms with Crippen molar-refractivity contribution in [3.8, 4) is 5.75 Å². The molecule has 0 spiro atoms. The fourth-order valence-corrected chi connectivity index (χ4v) is 2.09. The second-order valence-corrected chi connectivity index (χ2v) is 4.75. The molecule has 2 aromatic rings. The molecule has 1 aromatic carbocycles. The predicted octanol–water partition coefficient (Wildman–Crippen LogP) is 2.49. The third-order valence-corrected chi connectivity index (χ3v) is 3.43. The Labute approximate surface area is 114 Å². The van der Waals surface area contributed by atoms with Crippen molar-refractivity contribution >= 4 is 15.9 Å². The van der Waals surface area contributed by atoms with E-state index in [2.05, 4.69) is 25.9 Å². The molecule has 1 atom stereocenters. The summed E-state index contributed by atoms with van der Waals surface area (Å²) >= 11 is 3.51. The molecule has 5 heteroatoms. The number of nitrogens with zero attached hydrogens (tertiary/aromatic N) is 2. The summed E-state index contributed by atoms with van der Waals surface area (Å²) in [5, 5.41) is 0. The van der Waals surface area contributed by atoms with Crippen molar-refractivity contribution in [1.29, 1.82) is 0 Å². The molecule has 2 rings (SSSR count). The topological polar surface area (TPSA) is 61.0 Å². The molecule has 0 aliphatic rings. The molecule has 94 valence electrons. The summed E-state index contributed by atoms with van der Waals surface area (Å²) in [6, 6.07) is 5.65. The molecule has 0 amide bonds. The highest BCUT2D eigenvalue weighted by Crippen LogP contribution is 2.25. The number of aromatic nitrogens is 2. The van der Waals surface area contributed by atoms with Crippen LogP contribution in [-0.2, 0) is 6.42 Å². The Morgan fingerprint density at radius 1 is 1.39 bits per heavy atom. The molecule has 1 aromatic heterocycles. The summed E-state index contributed by atoms with van der Waals surface area (Å²) < 4.78 is 6.22. The van der Waals surface area contributed by atoms with Crippen molar-refractivity contribution in [2.75, 3.05) is 7.11 Å². The Morgan fingerprint density at radius 3 is 2.89 bits per heavy atom. The number of rotatable bonds is 4. The van der Waals surface area contributed by atoms with Crippen LogP contribution in [0.4, 0.5) is 0 Å². The average Bonchev–Trinajstić information content (AvgIpc) is 2.42. The zero-order chi connectivity index (χ0) is 13.0. The Morgan fingerprint density at radius 2 is 2.22 bits per heavy atom. The first-order valence-electron chi connectivity index (χ1n) is 5.54. The molecule has 0 aliphatic carbocycles. The van der Waals surface area contributed by atoms with E-state index in [0.717, 1.165) is 21.5 Å². The van der Waals surface area contributed by atoms with Gasteiger partial charge in [-0.1, -0.05) is 15.9 Å². The van der Waals surface area contributed by atoms with Gasteiger partial charge >= 0.3 is 0 Å². The second-order valence-electron chi connectivity index (χ2n) is 3.90. The van der Waals surface area contributed by atoms with Crippen molar-refractivity contribution < 1.29 is 4.74 Å². The van der Waals surface area contributed by atoms with Gasteiger partial charge in [-0.05, 0) is 30.2 Å². The second kappa shape index (κ2) is 5.93. The van der Waals surface area contributed by atoms with Crippen molar-refractivity contribution in [3.05, 3.63) is 52.5 Å². The van der Waals surface area contributed by atoms with Gasteiger partial charge in [0.25, 0.3) is 0 Å². The first-order valence-corrected chi connectivity index (χ1v) is 6.34. The quantitative estimate of drug-likeness (QED) is 0.942. The zero-order valence-corrected chi connectivity index (χ0v) is 11.6. The maximum Gasteiger partial charge on any atom is 0.119 e.